The third-order valence-electron chi connectivity index (χ3n) is 3.47. The number of anilines is 1. The van der Waals surface area contributed by atoms with Gasteiger partial charge in [-0.3, -0.25) is 4.90 Å². The van der Waals surface area contributed by atoms with E-state index < -0.39 is 0 Å². The molecule has 0 aliphatic carbocycles. The molecular weight excluding hydrogens is 236 g/mol. The molecule has 0 bridgehead atoms. The molecule has 1 aromatic heterocycles. The number of hydrogen-bond acceptors (Lipinski definition) is 4. The summed E-state index contributed by atoms with van der Waals surface area (Å²) in [5.74, 6) is 0. The number of rotatable bonds is 4. The van der Waals surface area contributed by atoms with Crippen molar-refractivity contribution in [3.8, 4) is 0 Å². The molecule has 0 amide bonds. The molecule has 1 unspecified atom stereocenters. The summed E-state index contributed by atoms with van der Waals surface area (Å²) >= 11 is 5.87. The van der Waals surface area contributed by atoms with Crippen LogP contribution in [0, 0.1) is 0 Å². The summed E-state index contributed by atoms with van der Waals surface area (Å²) in [6.07, 6.45) is 3.00. The highest BCUT2D eigenvalue weighted by Gasteiger charge is 2.26. The van der Waals surface area contributed by atoms with Gasteiger partial charge in [0.15, 0.2) is 5.15 Å². The summed E-state index contributed by atoms with van der Waals surface area (Å²) in [5, 5.41) is 8.14. The van der Waals surface area contributed by atoms with E-state index in [-0.39, 0.29) is 0 Å². The second-order valence-electron chi connectivity index (χ2n) is 4.35. The molecule has 2 rings (SSSR count). The van der Waals surface area contributed by atoms with Gasteiger partial charge in [0, 0.05) is 25.2 Å². The topological polar surface area (TPSA) is 32.3 Å². The van der Waals surface area contributed by atoms with Crippen LogP contribution in [-0.2, 0) is 0 Å². The minimum Gasteiger partial charge on any atom is -0.369 e. The van der Waals surface area contributed by atoms with Crippen molar-refractivity contribution >= 4 is 17.3 Å². The zero-order chi connectivity index (χ0) is 12.3. The van der Waals surface area contributed by atoms with Gasteiger partial charge in [-0.2, -0.15) is 5.10 Å². The number of halogens is 1. The fourth-order valence-corrected chi connectivity index (χ4v) is 2.67. The lowest BCUT2D eigenvalue weighted by Crippen LogP contribution is -2.37. The monoisotopic (exact) mass is 254 g/mol. The van der Waals surface area contributed by atoms with E-state index in [1.165, 1.54) is 6.42 Å². The Kier molecular flexibility index (Phi) is 4.18. The van der Waals surface area contributed by atoms with E-state index in [0.29, 0.717) is 11.2 Å². The van der Waals surface area contributed by atoms with E-state index >= 15 is 0 Å². The molecule has 17 heavy (non-hydrogen) atoms. The fraction of sp³-hybridized carbons (Fsp3) is 0.667. The first-order valence-electron chi connectivity index (χ1n) is 6.21. The Labute approximate surface area is 108 Å². The van der Waals surface area contributed by atoms with Crippen LogP contribution in [-0.4, -0.2) is 47.3 Å². The van der Waals surface area contributed by atoms with Gasteiger partial charge in [-0.15, -0.1) is 5.10 Å². The van der Waals surface area contributed by atoms with Crippen LogP contribution in [0.25, 0.3) is 0 Å². The molecule has 1 saturated heterocycles. The van der Waals surface area contributed by atoms with Gasteiger partial charge in [-0.25, -0.2) is 0 Å². The molecule has 5 heteroatoms. The summed E-state index contributed by atoms with van der Waals surface area (Å²) in [6.45, 7) is 8.80. The third-order valence-corrected chi connectivity index (χ3v) is 3.65. The van der Waals surface area contributed by atoms with Crippen LogP contribution in [0.5, 0.6) is 0 Å². The summed E-state index contributed by atoms with van der Waals surface area (Å²) in [5.41, 5.74) is 1.08. The summed E-state index contributed by atoms with van der Waals surface area (Å²) in [6, 6.07) is 2.54. The highest BCUT2D eigenvalue weighted by molar-refractivity contribution is 6.29. The maximum atomic E-state index is 5.87. The van der Waals surface area contributed by atoms with Crippen molar-refractivity contribution in [3.05, 3.63) is 17.4 Å². The van der Waals surface area contributed by atoms with Crippen LogP contribution in [0.1, 0.15) is 20.3 Å². The van der Waals surface area contributed by atoms with Gasteiger partial charge in [0.2, 0.25) is 0 Å². The Morgan fingerprint density at radius 2 is 2.24 bits per heavy atom. The number of hydrogen-bond donors (Lipinski definition) is 0. The molecular formula is C12H19ClN4. The largest absolute Gasteiger partial charge is 0.369 e. The van der Waals surface area contributed by atoms with E-state index in [9.17, 15) is 0 Å². The molecule has 0 aromatic carbocycles. The lowest BCUT2D eigenvalue weighted by molar-refractivity contribution is 0.232. The molecule has 2 heterocycles. The molecule has 1 atom stereocenters. The normalized spacial score (nSPS) is 20.2. The number of likely N-dealkylation sites (N-methyl/N-ethyl adjacent to an activating group) is 1. The molecule has 94 valence electrons. The van der Waals surface area contributed by atoms with E-state index in [2.05, 4.69) is 33.8 Å². The van der Waals surface area contributed by atoms with Crippen LogP contribution < -0.4 is 4.90 Å². The smallest absolute Gasteiger partial charge is 0.153 e. The average molecular weight is 255 g/mol. The second-order valence-corrected chi connectivity index (χ2v) is 4.73. The highest BCUT2D eigenvalue weighted by Crippen LogP contribution is 2.23. The van der Waals surface area contributed by atoms with Gasteiger partial charge in [0.25, 0.3) is 0 Å². The van der Waals surface area contributed by atoms with Gasteiger partial charge in [-0.05, 0) is 19.5 Å². The standard InChI is InChI=1S/C12H19ClN4/c1-3-16(4-2)10-5-6-17(9-10)11-7-12(13)15-14-8-11/h7-8,10H,3-6,9H2,1-2H3. The lowest BCUT2D eigenvalue weighted by Gasteiger charge is -2.26. The van der Waals surface area contributed by atoms with E-state index in [0.717, 1.165) is 31.9 Å². The number of aromatic nitrogens is 2. The predicted molar refractivity (Wildman–Crippen MR) is 70.6 cm³/mol. The maximum absolute atomic E-state index is 5.87. The molecule has 0 spiro atoms. The molecule has 0 N–H and O–H groups in total. The zero-order valence-electron chi connectivity index (χ0n) is 10.4. The molecule has 4 nitrogen and oxygen atoms in total. The minimum absolute atomic E-state index is 0.466. The molecule has 1 aliphatic rings. The van der Waals surface area contributed by atoms with Crippen molar-refractivity contribution in [1.29, 1.82) is 0 Å². The van der Waals surface area contributed by atoms with Crippen LogP contribution in [0.2, 0.25) is 5.15 Å². The predicted octanol–water partition coefficient (Wildman–Crippen LogP) is 2.05. The Bertz CT molecular complexity index is 367. The maximum Gasteiger partial charge on any atom is 0.153 e. The average Bonchev–Trinajstić information content (AvgIpc) is 2.80. The second kappa shape index (κ2) is 5.65. The number of nitrogens with zero attached hydrogens (tertiary/aromatic N) is 4. The van der Waals surface area contributed by atoms with E-state index in [4.69, 9.17) is 11.6 Å². The van der Waals surface area contributed by atoms with Gasteiger partial charge in [0.05, 0.1) is 11.9 Å². The first-order chi connectivity index (χ1) is 8.24. The van der Waals surface area contributed by atoms with Crippen LogP contribution >= 0.6 is 11.6 Å². The fourth-order valence-electron chi connectivity index (χ4n) is 2.52. The van der Waals surface area contributed by atoms with Crippen molar-refractivity contribution in [1.82, 2.24) is 15.1 Å². The lowest BCUT2D eigenvalue weighted by atomic mass is 10.2. The zero-order valence-corrected chi connectivity index (χ0v) is 11.2. The van der Waals surface area contributed by atoms with Crippen LogP contribution in [0.3, 0.4) is 0 Å². The van der Waals surface area contributed by atoms with Crippen LogP contribution in [0.4, 0.5) is 5.69 Å². The highest BCUT2D eigenvalue weighted by atomic mass is 35.5. The van der Waals surface area contributed by atoms with E-state index in [1.807, 2.05) is 6.07 Å². The SMILES string of the molecule is CCN(CC)C1CCN(c2cnnc(Cl)c2)C1. The molecule has 0 saturated carbocycles. The minimum atomic E-state index is 0.466. The van der Waals surface area contributed by atoms with E-state index in [1.54, 1.807) is 6.20 Å². The molecule has 1 fully saturated rings. The Balaban J connectivity index is 2.02. The Hall–Kier alpha value is -0.870. The first kappa shape index (κ1) is 12.6. The molecule has 1 aliphatic heterocycles. The van der Waals surface area contributed by atoms with Crippen molar-refractivity contribution in [2.45, 2.75) is 26.3 Å². The van der Waals surface area contributed by atoms with Gasteiger partial charge >= 0.3 is 0 Å². The Morgan fingerprint density at radius 3 is 2.88 bits per heavy atom. The quantitative estimate of drug-likeness (QED) is 0.823. The van der Waals surface area contributed by atoms with Crippen LogP contribution in [0.15, 0.2) is 12.3 Å². The van der Waals surface area contributed by atoms with Gasteiger partial charge < -0.3 is 4.90 Å². The first-order valence-corrected chi connectivity index (χ1v) is 6.59. The molecule has 0 radical (unpaired) electrons. The van der Waals surface area contributed by atoms with Gasteiger partial charge in [0.1, 0.15) is 0 Å². The summed E-state index contributed by atoms with van der Waals surface area (Å²) < 4.78 is 0. The van der Waals surface area contributed by atoms with Crippen molar-refractivity contribution in [3.63, 3.8) is 0 Å². The summed E-state index contributed by atoms with van der Waals surface area (Å²) in [4.78, 5) is 4.85. The van der Waals surface area contributed by atoms with Crippen molar-refractivity contribution in [2.24, 2.45) is 0 Å². The summed E-state index contributed by atoms with van der Waals surface area (Å²) in [7, 11) is 0. The molecule has 1 aromatic rings. The van der Waals surface area contributed by atoms with Gasteiger partial charge in [-0.1, -0.05) is 25.4 Å². The third kappa shape index (κ3) is 2.87. The van der Waals surface area contributed by atoms with Crippen molar-refractivity contribution < 1.29 is 0 Å². The Morgan fingerprint density at radius 1 is 1.47 bits per heavy atom. The van der Waals surface area contributed by atoms with Crippen molar-refractivity contribution in [2.75, 3.05) is 31.1 Å².